The van der Waals surface area contributed by atoms with E-state index in [9.17, 15) is 14.4 Å². The van der Waals surface area contributed by atoms with E-state index in [2.05, 4.69) is 5.32 Å². The van der Waals surface area contributed by atoms with Crippen LogP contribution in [0.25, 0.3) is 0 Å². The van der Waals surface area contributed by atoms with Crippen molar-refractivity contribution in [3.05, 3.63) is 71.8 Å². The van der Waals surface area contributed by atoms with Crippen molar-refractivity contribution in [2.75, 3.05) is 6.54 Å². The van der Waals surface area contributed by atoms with Crippen LogP contribution in [0.4, 0.5) is 0 Å². The first-order chi connectivity index (χ1) is 14.6. The Morgan fingerprint density at radius 2 is 1.47 bits per heavy atom. The Kier molecular flexibility index (Phi) is 6.26. The topological polar surface area (TPSA) is 66.5 Å². The molecule has 1 N–H and O–H groups in total. The van der Waals surface area contributed by atoms with Crippen molar-refractivity contribution in [2.45, 2.75) is 44.6 Å². The summed E-state index contributed by atoms with van der Waals surface area (Å²) >= 11 is 0. The molecule has 1 heterocycles. The number of nitrogens with zero attached hydrogens (tertiary/aromatic N) is 1. The monoisotopic (exact) mass is 404 g/mol. The molecule has 1 saturated carbocycles. The number of fused-ring (bicyclic) bond motifs is 1. The second-order valence-corrected chi connectivity index (χ2v) is 8.30. The number of carbonyl (C=O) groups is 3. The van der Waals surface area contributed by atoms with Crippen LogP contribution < -0.4 is 5.32 Å². The molecule has 3 atom stereocenters. The van der Waals surface area contributed by atoms with Gasteiger partial charge in [0.15, 0.2) is 0 Å². The quantitative estimate of drug-likeness (QED) is 0.717. The Balaban J connectivity index is 1.39. The maximum absolute atomic E-state index is 12.7. The van der Waals surface area contributed by atoms with Crippen LogP contribution in [0.3, 0.4) is 0 Å². The number of hydrogen-bond acceptors (Lipinski definition) is 3. The molecule has 156 valence electrons. The largest absolute Gasteiger partial charge is 0.349 e. The first-order valence-corrected chi connectivity index (χ1v) is 10.9. The summed E-state index contributed by atoms with van der Waals surface area (Å²) in [6, 6.07) is 19.8. The van der Waals surface area contributed by atoms with E-state index in [1.54, 1.807) is 0 Å². The van der Waals surface area contributed by atoms with Gasteiger partial charge in [-0.3, -0.25) is 19.3 Å². The van der Waals surface area contributed by atoms with E-state index in [-0.39, 0.29) is 48.6 Å². The van der Waals surface area contributed by atoms with E-state index in [0.717, 1.165) is 36.8 Å². The minimum Gasteiger partial charge on any atom is -0.349 e. The Bertz CT molecular complexity index is 873. The van der Waals surface area contributed by atoms with E-state index >= 15 is 0 Å². The van der Waals surface area contributed by atoms with Crippen LogP contribution in [0.2, 0.25) is 0 Å². The molecule has 1 aliphatic heterocycles. The van der Waals surface area contributed by atoms with Crippen LogP contribution in [0.5, 0.6) is 0 Å². The number of rotatable bonds is 7. The summed E-state index contributed by atoms with van der Waals surface area (Å²) in [6.45, 7) is 0.170. The average molecular weight is 405 g/mol. The van der Waals surface area contributed by atoms with Gasteiger partial charge in [-0.15, -0.1) is 0 Å². The zero-order chi connectivity index (χ0) is 20.9. The van der Waals surface area contributed by atoms with Crippen molar-refractivity contribution in [2.24, 2.45) is 11.8 Å². The van der Waals surface area contributed by atoms with Gasteiger partial charge in [0.2, 0.25) is 17.7 Å². The molecule has 0 radical (unpaired) electrons. The molecule has 1 aliphatic carbocycles. The molecule has 2 aliphatic rings. The zero-order valence-corrected chi connectivity index (χ0v) is 17.1. The maximum atomic E-state index is 12.7. The molecule has 2 aromatic carbocycles. The first kappa shape index (κ1) is 20.3. The van der Waals surface area contributed by atoms with E-state index < -0.39 is 0 Å². The van der Waals surface area contributed by atoms with E-state index in [1.807, 2.05) is 60.7 Å². The third kappa shape index (κ3) is 4.45. The molecule has 0 unspecified atom stereocenters. The van der Waals surface area contributed by atoms with Crippen molar-refractivity contribution in [1.82, 2.24) is 10.2 Å². The number of carbonyl (C=O) groups excluding carboxylic acids is 3. The Morgan fingerprint density at radius 3 is 2.07 bits per heavy atom. The minimum atomic E-state index is -0.163. The number of nitrogens with one attached hydrogen (secondary N) is 1. The number of likely N-dealkylation sites (tertiary alicyclic amines) is 1. The van der Waals surface area contributed by atoms with Gasteiger partial charge in [0.1, 0.15) is 0 Å². The van der Waals surface area contributed by atoms with E-state index in [0.29, 0.717) is 6.42 Å². The molecule has 1 saturated heterocycles. The van der Waals surface area contributed by atoms with Gasteiger partial charge >= 0.3 is 0 Å². The fourth-order valence-electron chi connectivity index (χ4n) is 4.72. The highest BCUT2D eigenvalue weighted by Crippen LogP contribution is 2.38. The summed E-state index contributed by atoms with van der Waals surface area (Å²) in [7, 11) is 0. The highest BCUT2D eigenvalue weighted by molar-refractivity contribution is 6.05. The molecular formula is C25H28N2O3. The van der Waals surface area contributed by atoms with Gasteiger partial charge in [-0.2, -0.15) is 0 Å². The van der Waals surface area contributed by atoms with Crippen LogP contribution in [-0.4, -0.2) is 29.2 Å². The molecule has 5 nitrogen and oxygen atoms in total. The van der Waals surface area contributed by atoms with Crippen molar-refractivity contribution in [3.8, 4) is 0 Å². The Labute approximate surface area is 177 Å². The lowest BCUT2D eigenvalue weighted by Gasteiger charge is -2.21. The summed E-state index contributed by atoms with van der Waals surface area (Å²) in [5.74, 6) is -0.632. The highest BCUT2D eigenvalue weighted by Gasteiger charge is 2.47. The molecule has 0 spiro atoms. The van der Waals surface area contributed by atoms with Gasteiger partial charge in [0.25, 0.3) is 0 Å². The minimum absolute atomic E-state index is 0.0820. The average Bonchev–Trinajstić information content (AvgIpc) is 3.03. The second-order valence-electron chi connectivity index (χ2n) is 8.30. The molecule has 0 aromatic heterocycles. The van der Waals surface area contributed by atoms with Crippen molar-refractivity contribution < 1.29 is 14.4 Å². The van der Waals surface area contributed by atoms with Crippen molar-refractivity contribution in [3.63, 3.8) is 0 Å². The number of imide groups is 1. The van der Waals surface area contributed by atoms with Crippen LogP contribution in [0.1, 0.15) is 49.3 Å². The molecular weight excluding hydrogens is 376 g/mol. The molecule has 30 heavy (non-hydrogen) atoms. The van der Waals surface area contributed by atoms with Gasteiger partial charge < -0.3 is 5.32 Å². The third-order valence-corrected chi connectivity index (χ3v) is 6.31. The van der Waals surface area contributed by atoms with Gasteiger partial charge in [-0.1, -0.05) is 73.5 Å². The fraction of sp³-hybridized carbons (Fsp3) is 0.400. The molecule has 4 rings (SSSR count). The second kappa shape index (κ2) is 9.24. The summed E-state index contributed by atoms with van der Waals surface area (Å²) < 4.78 is 0. The van der Waals surface area contributed by atoms with Crippen LogP contribution in [-0.2, 0) is 20.8 Å². The van der Waals surface area contributed by atoms with E-state index in [4.69, 9.17) is 0 Å². The zero-order valence-electron chi connectivity index (χ0n) is 17.1. The normalized spacial score (nSPS) is 21.9. The summed E-state index contributed by atoms with van der Waals surface area (Å²) in [4.78, 5) is 39.3. The maximum Gasteiger partial charge on any atom is 0.233 e. The van der Waals surface area contributed by atoms with Crippen molar-refractivity contribution >= 4 is 17.7 Å². The summed E-state index contributed by atoms with van der Waals surface area (Å²) in [5.41, 5.74) is 2.18. The smallest absolute Gasteiger partial charge is 0.233 e. The van der Waals surface area contributed by atoms with Gasteiger partial charge in [-0.05, 0) is 30.4 Å². The van der Waals surface area contributed by atoms with Crippen molar-refractivity contribution in [1.29, 1.82) is 0 Å². The predicted molar refractivity (Wildman–Crippen MR) is 114 cm³/mol. The number of hydrogen-bond donors (Lipinski definition) is 1. The van der Waals surface area contributed by atoms with Gasteiger partial charge in [0.05, 0.1) is 17.9 Å². The highest BCUT2D eigenvalue weighted by atomic mass is 16.2. The molecule has 0 bridgehead atoms. The Hall–Kier alpha value is -2.95. The van der Waals surface area contributed by atoms with Crippen LogP contribution in [0.15, 0.2) is 60.7 Å². The number of benzene rings is 2. The first-order valence-electron chi connectivity index (χ1n) is 10.9. The SMILES string of the molecule is O=C(CCN1C(=O)[C@H]2CCCC[C@H]2C1=O)N[C@@H](Cc1ccccc1)c1ccccc1. The molecule has 2 aromatic rings. The van der Waals surface area contributed by atoms with Gasteiger partial charge in [0, 0.05) is 13.0 Å². The third-order valence-electron chi connectivity index (χ3n) is 6.31. The Morgan fingerprint density at radius 1 is 0.900 bits per heavy atom. The summed E-state index contributed by atoms with van der Waals surface area (Å²) in [5, 5.41) is 3.11. The predicted octanol–water partition coefficient (Wildman–Crippen LogP) is 3.65. The lowest BCUT2D eigenvalue weighted by molar-refractivity contribution is -0.140. The lowest BCUT2D eigenvalue weighted by Crippen LogP contribution is -2.36. The fourth-order valence-corrected chi connectivity index (χ4v) is 4.72. The molecule has 5 heteroatoms. The number of amides is 3. The van der Waals surface area contributed by atoms with Crippen LogP contribution in [0, 0.1) is 11.8 Å². The van der Waals surface area contributed by atoms with Crippen LogP contribution >= 0.6 is 0 Å². The summed E-state index contributed by atoms with van der Waals surface area (Å²) in [6.07, 6.45) is 4.42. The molecule has 2 fully saturated rings. The molecule has 3 amide bonds. The van der Waals surface area contributed by atoms with Gasteiger partial charge in [-0.25, -0.2) is 0 Å². The standard InChI is InChI=1S/C25H28N2O3/c28-23(15-16-27-24(29)20-13-7-8-14-21(20)25(27)30)26-22(19-11-5-2-6-12-19)17-18-9-3-1-4-10-18/h1-6,9-12,20-22H,7-8,13-17H2,(H,26,28)/t20-,21+,22-/m0/s1. The lowest BCUT2D eigenvalue weighted by atomic mass is 9.81. The van der Waals surface area contributed by atoms with E-state index in [1.165, 1.54) is 4.90 Å².